The van der Waals surface area contributed by atoms with Crippen molar-refractivity contribution in [3.8, 4) is 0 Å². The molecule has 0 atom stereocenters. The second-order valence-electron chi connectivity index (χ2n) is 3.13. The first-order chi connectivity index (χ1) is 7.55. The molecule has 0 saturated heterocycles. The van der Waals surface area contributed by atoms with E-state index in [9.17, 15) is 13.2 Å². The summed E-state index contributed by atoms with van der Waals surface area (Å²) in [6.45, 7) is 0.701. The van der Waals surface area contributed by atoms with E-state index in [0.29, 0.717) is 13.1 Å². The molecule has 1 rings (SSSR count). The van der Waals surface area contributed by atoms with Gasteiger partial charge < -0.3 is 11.1 Å². The lowest BCUT2D eigenvalue weighted by molar-refractivity contribution is -0.136. The highest BCUT2D eigenvalue weighted by molar-refractivity contribution is 5.52. The van der Waals surface area contributed by atoms with Crippen LogP contribution in [0.4, 0.5) is 18.9 Å². The van der Waals surface area contributed by atoms with E-state index < -0.39 is 11.7 Å². The van der Waals surface area contributed by atoms with Gasteiger partial charge in [0.05, 0.1) is 5.56 Å². The van der Waals surface area contributed by atoms with Crippen LogP contribution in [0.2, 0.25) is 0 Å². The van der Waals surface area contributed by atoms with Crippen molar-refractivity contribution in [2.45, 2.75) is 6.18 Å². The highest BCUT2D eigenvalue weighted by Crippen LogP contribution is 2.34. The highest BCUT2D eigenvalue weighted by Gasteiger charge is 2.32. The second kappa shape index (κ2) is 5.55. The number of benzene rings is 1. The van der Waals surface area contributed by atoms with Crippen LogP contribution in [-0.4, -0.2) is 13.1 Å². The third-order valence-corrected chi connectivity index (χ3v) is 1.95. The molecule has 2 nitrogen and oxygen atoms in total. The van der Waals surface area contributed by atoms with Crippen molar-refractivity contribution in [1.29, 1.82) is 0 Å². The fourth-order valence-electron chi connectivity index (χ4n) is 1.23. The van der Waals surface area contributed by atoms with Gasteiger partial charge in [-0.1, -0.05) is 24.3 Å². The average molecular weight is 230 g/mol. The van der Waals surface area contributed by atoms with Gasteiger partial charge in [-0.2, -0.15) is 13.2 Å². The first kappa shape index (κ1) is 12.6. The molecule has 0 radical (unpaired) electrons. The van der Waals surface area contributed by atoms with E-state index in [2.05, 4.69) is 5.32 Å². The van der Waals surface area contributed by atoms with Crippen LogP contribution in [0.5, 0.6) is 0 Å². The summed E-state index contributed by atoms with van der Waals surface area (Å²) in [5.74, 6) is 0. The fraction of sp³-hybridized carbons (Fsp3) is 0.273. The Morgan fingerprint density at radius 1 is 1.19 bits per heavy atom. The van der Waals surface area contributed by atoms with Gasteiger partial charge >= 0.3 is 6.18 Å². The molecule has 0 bridgehead atoms. The van der Waals surface area contributed by atoms with E-state index in [-0.39, 0.29) is 5.69 Å². The predicted molar refractivity (Wildman–Crippen MR) is 58.1 cm³/mol. The van der Waals surface area contributed by atoms with Gasteiger partial charge in [-0.15, -0.1) is 0 Å². The van der Waals surface area contributed by atoms with Crippen molar-refractivity contribution in [2.75, 3.05) is 18.4 Å². The summed E-state index contributed by atoms with van der Waals surface area (Å²) < 4.78 is 37.6. The summed E-state index contributed by atoms with van der Waals surface area (Å²) in [5.41, 5.74) is 4.64. The van der Waals surface area contributed by atoms with Crippen LogP contribution in [-0.2, 0) is 6.18 Å². The van der Waals surface area contributed by atoms with Crippen LogP contribution in [0, 0.1) is 0 Å². The van der Waals surface area contributed by atoms with Crippen molar-refractivity contribution in [3.05, 3.63) is 42.0 Å². The van der Waals surface area contributed by atoms with Gasteiger partial charge in [-0.25, -0.2) is 0 Å². The number of nitrogens with one attached hydrogen (secondary N) is 1. The summed E-state index contributed by atoms with van der Waals surface area (Å²) in [7, 11) is 0. The first-order valence-electron chi connectivity index (χ1n) is 4.81. The van der Waals surface area contributed by atoms with E-state index in [1.54, 1.807) is 18.2 Å². The average Bonchev–Trinajstić information content (AvgIpc) is 2.24. The van der Waals surface area contributed by atoms with Crippen molar-refractivity contribution in [1.82, 2.24) is 0 Å². The Labute approximate surface area is 92.0 Å². The van der Waals surface area contributed by atoms with Crippen LogP contribution in [0.1, 0.15) is 5.56 Å². The van der Waals surface area contributed by atoms with E-state index in [1.165, 1.54) is 12.1 Å². The van der Waals surface area contributed by atoms with E-state index in [1.807, 2.05) is 0 Å². The highest BCUT2D eigenvalue weighted by atomic mass is 19.4. The van der Waals surface area contributed by atoms with Gasteiger partial charge in [0, 0.05) is 18.8 Å². The Balaban J connectivity index is 2.76. The first-order valence-corrected chi connectivity index (χ1v) is 4.81. The van der Waals surface area contributed by atoms with E-state index in [0.717, 1.165) is 6.07 Å². The Hall–Kier alpha value is -1.49. The Bertz CT molecular complexity index is 358. The summed E-state index contributed by atoms with van der Waals surface area (Å²) >= 11 is 0. The van der Waals surface area contributed by atoms with Crippen molar-refractivity contribution in [2.24, 2.45) is 5.73 Å². The fourth-order valence-corrected chi connectivity index (χ4v) is 1.23. The minimum atomic E-state index is -4.33. The van der Waals surface area contributed by atoms with Crippen LogP contribution < -0.4 is 11.1 Å². The normalized spacial score (nSPS) is 12.0. The third-order valence-electron chi connectivity index (χ3n) is 1.95. The van der Waals surface area contributed by atoms with Crippen LogP contribution in [0.15, 0.2) is 36.4 Å². The maximum absolute atomic E-state index is 12.5. The number of hydrogen-bond acceptors (Lipinski definition) is 2. The molecule has 0 amide bonds. The molecule has 0 unspecified atom stereocenters. The minimum Gasteiger partial charge on any atom is -0.381 e. The zero-order valence-electron chi connectivity index (χ0n) is 8.59. The molecule has 0 saturated carbocycles. The molecule has 0 aliphatic rings. The molecule has 5 heteroatoms. The quantitative estimate of drug-likeness (QED) is 0.780. The number of anilines is 1. The molecule has 0 spiro atoms. The van der Waals surface area contributed by atoms with Crippen molar-refractivity contribution >= 4 is 5.69 Å². The molecule has 0 aromatic heterocycles. The van der Waals surface area contributed by atoms with Gasteiger partial charge in [0.15, 0.2) is 0 Å². The van der Waals surface area contributed by atoms with Crippen LogP contribution in [0.25, 0.3) is 0 Å². The van der Waals surface area contributed by atoms with E-state index in [4.69, 9.17) is 5.73 Å². The maximum atomic E-state index is 12.5. The maximum Gasteiger partial charge on any atom is 0.418 e. The molecule has 1 aromatic rings. The summed E-state index contributed by atoms with van der Waals surface area (Å²) in [6.07, 6.45) is -0.961. The number of rotatable bonds is 4. The van der Waals surface area contributed by atoms with Gasteiger partial charge in [0.1, 0.15) is 0 Å². The molecule has 0 fully saturated rings. The number of halogens is 3. The van der Waals surface area contributed by atoms with Crippen LogP contribution >= 0.6 is 0 Å². The molecular weight excluding hydrogens is 217 g/mol. The van der Waals surface area contributed by atoms with Crippen LogP contribution in [0.3, 0.4) is 0 Å². The molecule has 0 aliphatic heterocycles. The molecule has 16 heavy (non-hydrogen) atoms. The zero-order chi connectivity index (χ0) is 12.0. The molecule has 1 aromatic carbocycles. The summed E-state index contributed by atoms with van der Waals surface area (Å²) in [5, 5.41) is 2.69. The van der Waals surface area contributed by atoms with E-state index >= 15 is 0 Å². The largest absolute Gasteiger partial charge is 0.418 e. The third kappa shape index (κ3) is 3.58. The van der Waals surface area contributed by atoms with Gasteiger partial charge in [0.25, 0.3) is 0 Å². The lowest BCUT2D eigenvalue weighted by atomic mass is 10.1. The molecule has 0 aliphatic carbocycles. The van der Waals surface area contributed by atoms with Crippen molar-refractivity contribution in [3.63, 3.8) is 0 Å². The van der Waals surface area contributed by atoms with Gasteiger partial charge in [0.2, 0.25) is 0 Å². The Kier molecular flexibility index (Phi) is 4.37. The Morgan fingerprint density at radius 3 is 2.50 bits per heavy atom. The second-order valence-corrected chi connectivity index (χ2v) is 3.13. The Morgan fingerprint density at radius 2 is 1.88 bits per heavy atom. The topological polar surface area (TPSA) is 38.0 Å². The monoisotopic (exact) mass is 230 g/mol. The number of nitrogens with two attached hydrogens (primary N) is 1. The lowest BCUT2D eigenvalue weighted by Gasteiger charge is -2.13. The number of hydrogen-bond donors (Lipinski definition) is 2. The smallest absolute Gasteiger partial charge is 0.381 e. The standard InChI is InChI=1S/C11H13F3N2/c12-11(13,14)9-5-1-2-6-10(9)16-8-4-3-7-15/h1-6,16H,7-8,15H2/b4-3+. The lowest BCUT2D eigenvalue weighted by Crippen LogP contribution is -2.10. The molecule has 88 valence electrons. The molecule has 3 N–H and O–H groups in total. The molecule has 0 heterocycles. The summed E-state index contributed by atoms with van der Waals surface area (Å²) in [4.78, 5) is 0. The van der Waals surface area contributed by atoms with Gasteiger partial charge in [-0.05, 0) is 12.1 Å². The van der Waals surface area contributed by atoms with Crippen molar-refractivity contribution < 1.29 is 13.2 Å². The minimum absolute atomic E-state index is 0.0803. The predicted octanol–water partition coefficient (Wildman–Crippen LogP) is 2.63. The summed E-state index contributed by atoms with van der Waals surface area (Å²) in [6, 6.07) is 5.38. The SMILES string of the molecule is NC/C=C/CNc1ccccc1C(F)(F)F. The zero-order valence-corrected chi connectivity index (χ0v) is 8.59. The number of para-hydroxylation sites is 1. The number of alkyl halides is 3. The van der Waals surface area contributed by atoms with Gasteiger partial charge in [-0.3, -0.25) is 0 Å². The molecular formula is C11H13F3N2.